The fourth-order valence-electron chi connectivity index (χ4n) is 6.82. The van der Waals surface area contributed by atoms with E-state index in [1.54, 1.807) is 12.3 Å². The second-order valence-corrected chi connectivity index (χ2v) is 11.6. The number of anilines is 1. The SMILES string of the molecule is COC(=O)C12CCC(CN(c3nc(OC[C@@H]4CCCN4C)nc4c(F)c(-c5cc(O)cc6ccccc56)ncc34)C1)N2. The molecule has 3 aliphatic heterocycles. The molecule has 0 aliphatic carbocycles. The van der Waals surface area contributed by atoms with Gasteiger partial charge in [0.2, 0.25) is 0 Å². The largest absolute Gasteiger partial charge is 0.508 e. The zero-order valence-corrected chi connectivity index (χ0v) is 23.6. The molecule has 3 aliphatic rings. The van der Waals surface area contributed by atoms with Crippen molar-refractivity contribution in [2.24, 2.45) is 0 Å². The summed E-state index contributed by atoms with van der Waals surface area (Å²) in [4.78, 5) is 31.0. The van der Waals surface area contributed by atoms with Gasteiger partial charge in [-0.2, -0.15) is 9.97 Å². The maximum atomic E-state index is 16.6. The monoisotopic (exact) mass is 572 g/mol. The van der Waals surface area contributed by atoms with Gasteiger partial charge in [0.25, 0.3) is 0 Å². The summed E-state index contributed by atoms with van der Waals surface area (Å²) in [6.45, 7) is 2.27. The summed E-state index contributed by atoms with van der Waals surface area (Å²) >= 11 is 0. The van der Waals surface area contributed by atoms with Crippen LogP contribution in [-0.4, -0.2) is 88.9 Å². The Balaban J connectivity index is 1.36. The quantitative estimate of drug-likeness (QED) is 0.332. The number of fused-ring (bicyclic) bond motifs is 4. The van der Waals surface area contributed by atoms with Crippen LogP contribution in [0.3, 0.4) is 0 Å². The van der Waals surface area contributed by atoms with E-state index in [1.165, 1.54) is 13.2 Å². The lowest BCUT2D eigenvalue weighted by Gasteiger charge is -2.40. The van der Waals surface area contributed by atoms with Gasteiger partial charge >= 0.3 is 12.0 Å². The van der Waals surface area contributed by atoms with Crippen molar-refractivity contribution < 1.29 is 23.8 Å². The van der Waals surface area contributed by atoms with Gasteiger partial charge in [-0.05, 0) is 62.2 Å². The number of pyridine rings is 1. The summed E-state index contributed by atoms with van der Waals surface area (Å²) in [6, 6.07) is 11.0. The van der Waals surface area contributed by atoms with Crippen LogP contribution in [0.1, 0.15) is 25.7 Å². The van der Waals surface area contributed by atoms with Gasteiger partial charge in [-0.3, -0.25) is 10.3 Å². The van der Waals surface area contributed by atoms with Crippen molar-refractivity contribution >= 4 is 33.5 Å². The number of hydrogen-bond acceptors (Lipinski definition) is 10. The van der Waals surface area contributed by atoms with Crippen LogP contribution in [-0.2, 0) is 9.53 Å². The predicted molar refractivity (Wildman–Crippen MR) is 156 cm³/mol. The Labute approximate surface area is 242 Å². The van der Waals surface area contributed by atoms with Gasteiger partial charge in [0, 0.05) is 36.9 Å². The van der Waals surface area contributed by atoms with E-state index in [2.05, 4.69) is 27.2 Å². The normalized spacial score (nSPS) is 24.0. The molecule has 5 heterocycles. The zero-order chi connectivity index (χ0) is 29.0. The summed E-state index contributed by atoms with van der Waals surface area (Å²) in [5.41, 5.74) is -0.253. The van der Waals surface area contributed by atoms with Gasteiger partial charge in [0.05, 0.1) is 12.5 Å². The molecule has 42 heavy (non-hydrogen) atoms. The van der Waals surface area contributed by atoms with E-state index in [9.17, 15) is 9.90 Å². The molecule has 2 bridgehead atoms. The van der Waals surface area contributed by atoms with E-state index in [4.69, 9.17) is 14.5 Å². The highest BCUT2D eigenvalue weighted by Crippen LogP contribution is 2.39. The number of halogens is 1. The first-order valence-electron chi connectivity index (χ1n) is 14.4. The van der Waals surface area contributed by atoms with Crippen molar-refractivity contribution in [2.45, 2.75) is 43.3 Å². The number of carbonyl (C=O) groups is 1. The van der Waals surface area contributed by atoms with E-state index in [0.717, 1.165) is 36.6 Å². The minimum atomic E-state index is -0.866. The van der Waals surface area contributed by atoms with Crippen LogP contribution in [0.2, 0.25) is 0 Å². The van der Waals surface area contributed by atoms with Crippen molar-refractivity contribution in [1.29, 1.82) is 0 Å². The van der Waals surface area contributed by atoms with Crippen LogP contribution in [0.25, 0.3) is 32.9 Å². The molecule has 11 heteroatoms. The molecule has 2 unspecified atom stereocenters. The molecule has 3 atom stereocenters. The minimum Gasteiger partial charge on any atom is -0.508 e. The number of rotatable bonds is 6. The standard InChI is InChI=1S/C31H33FN6O4/c1-37-11-5-7-20(37)16-42-30-34-27-24(28(35-30)38-15-19-9-10-31(17-38,36-19)29(40)41-2)14-33-26(25(27)32)23-13-21(39)12-18-6-3-4-8-22(18)23/h3-4,6,8,12-14,19-20,36,39H,5,7,9-11,15-17H2,1-2H3/t19?,20-,31?/m0/s1. The van der Waals surface area contributed by atoms with Crippen LogP contribution >= 0.6 is 0 Å². The number of piperazine rings is 1. The molecule has 3 saturated heterocycles. The zero-order valence-electron chi connectivity index (χ0n) is 23.6. The third-order valence-electron chi connectivity index (χ3n) is 9.00. The second kappa shape index (κ2) is 10.3. The number of nitrogens with one attached hydrogen (secondary N) is 1. The number of benzene rings is 2. The number of hydrogen-bond donors (Lipinski definition) is 2. The molecule has 4 aromatic rings. The number of likely N-dealkylation sites (N-methyl/N-ethyl adjacent to an activating group) is 1. The first-order valence-corrected chi connectivity index (χ1v) is 14.4. The molecule has 2 aromatic carbocycles. The molecular weight excluding hydrogens is 539 g/mol. The molecule has 2 aromatic heterocycles. The number of phenols is 1. The molecule has 0 spiro atoms. The van der Waals surface area contributed by atoms with E-state index >= 15 is 4.39 Å². The third kappa shape index (κ3) is 4.47. The van der Waals surface area contributed by atoms with Crippen molar-refractivity contribution in [1.82, 2.24) is 25.2 Å². The summed E-state index contributed by atoms with van der Waals surface area (Å²) in [5.74, 6) is -0.468. The third-order valence-corrected chi connectivity index (χ3v) is 9.00. The van der Waals surface area contributed by atoms with E-state index in [0.29, 0.717) is 42.9 Å². The van der Waals surface area contributed by atoms with Gasteiger partial charge in [-0.25, -0.2) is 9.18 Å². The fourth-order valence-corrected chi connectivity index (χ4v) is 6.82. The fraction of sp³-hybridized carbons (Fsp3) is 0.419. The maximum Gasteiger partial charge on any atom is 0.327 e. The molecule has 7 rings (SSSR count). The van der Waals surface area contributed by atoms with Gasteiger partial charge in [0.1, 0.15) is 34.9 Å². The topological polar surface area (TPSA) is 113 Å². The number of nitrogens with zero attached hydrogens (tertiary/aromatic N) is 5. The van der Waals surface area contributed by atoms with Crippen molar-refractivity contribution in [3.63, 3.8) is 0 Å². The molecular formula is C31H33FN6O4. The van der Waals surface area contributed by atoms with Crippen LogP contribution in [0.5, 0.6) is 11.8 Å². The lowest BCUT2D eigenvalue weighted by molar-refractivity contribution is -0.148. The van der Waals surface area contributed by atoms with Gasteiger partial charge < -0.3 is 24.4 Å². The van der Waals surface area contributed by atoms with E-state index in [1.807, 2.05) is 29.2 Å². The molecule has 0 saturated carbocycles. The Morgan fingerprint density at radius 3 is 2.88 bits per heavy atom. The Morgan fingerprint density at radius 1 is 1.21 bits per heavy atom. The van der Waals surface area contributed by atoms with Crippen molar-refractivity contribution in [3.8, 4) is 23.0 Å². The molecule has 10 nitrogen and oxygen atoms in total. The number of likely N-dealkylation sites (tertiary alicyclic amines) is 1. The number of aromatic hydroxyl groups is 1. The lowest BCUT2D eigenvalue weighted by atomic mass is 9.97. The number of ether oxygens (including phenoxy) is 2. The Hall–Kier alpha value is -4.09. The molecule has 0 radical (unpaired) electrons. The van der Waals surface area contributed by atoms with Gasteiger partial charge in [-0.15, -0.1) is 0 Å². The number of carbonyl (C=O) groups excluding carboxylic acids is 1. The first-order chi connectivity index (χ1) is 20.3. The van der Waals surface area contributed by atoms with Crippen LogP contribution in [0.15, 0.2) is 42.6 Å². The van der Waals surface area contributed by atoms with Crippen LogP contribution in [0, 0.1) is 5.82 Å². The average Bonchev–Trinajstić information content (AvgIpc) is 3.56. The highest BCUT2D eigenvalue weighted by Gasteiger charge is 2.51. The smallest absolute Gasteiger partial charge is 0.327 e. The number of methoxy groups -OCH3 is 1. The minimum absolute atomic E-state index is 0.0162. The number of esters is 1. The first kappa shape index (κ1) is 26.8. The maximum absolute atomic E-state index is 16.6. The number of aromatic nitrogens is 3. The van der Waals surface area contributed by atoms with E-state index < -0.39 is 11.4 Å². The van der Waals surface area contributed by atoms with Gasteiger partial charge in [-0.1, -0.05) is 24.3 Å². The predicted octanol–water partition coefficient (Wildman–Crippen LogP) is 3.65. The molecule has 218 valence electrons. The van der Waals surface area contributed by atoms with Crippen LogP contribution in [0.4, 0.5) is 10.2 Å². The van der Waals surface area contributed by atoms with Crippen molar-refractivity contribution in [3.05, 3.63) is 48.4 Å². The van der Waals surface area contributed by atoms with Crippen molar-refractivity contribution in [2.75, 3.05) is 45.3 Å². The highest BCUT2D eigenvalue weighted by molar-refractivity contribution is 6.00. The summed E-state index contributed by atoms with van der Waals surface area (Å²) in [6.07, 6.45) is 5.12. The van der Waals surface area contributed by atoms with Gasteiger partial charge in [0.15, 0.2) is 5.82 Å². The Morgan fingerprint density at radius 2 is 2.07 bits per heavy atom. The summed E-state index contributed by atoms with van der Waals surface area (Å²) in [7, 11) is 3.46. The van der Waals surface area contributed by atoms with Crippen LogP contribution < -0.4 is 15.0 Å². The number of phenolic OH excluding ortho intramolecular Hbond substituents is 1. The molecule has 0 amide bonds. The average molecular weight is 573 g/mol. The Kier molecular flexibility index (Phi) is 6.58. The van der Waals surface area contributed by atoms with E-state index in [-0.39, 0.29) is 41.0 Å². The molecule has 2 N–H and O–H groups in total. The Bertz CT molecular complexity index is 1700. The molecule has 3 fully saturated rings. The summed E-state index contributed by atoms with van der Waals surface area (Å²) in [5, 5.41) is 15.8. The lowest BCUT2D eigenvalue weighted by Crippen LogP contribution is -2.64. The highest BCUT2D eigenvalue weighted by atomic mass is 19.1. The second-order valence-electron chi connectivity index (χ2n) is 11.6. The summed E-state index contributed by atoms with van der Waals surface area (Å²) < 4.78 is 27.9.